The quantitative estimate of drug-likeness (QED) is 0.787. The van der Waals surface area contributed by atoms with Gasteiger partial charge in [0.25, 0.3) is 0 Å². The molecule has 1 aromatic rings. The number of hydrogen-bond acceptors (Lipinski definition) is 2. The Hall–Kier alpha value is -1.02. The largest absolute Gasteiger partial charge is 0.487 e. The molecule has 0 aliphatic carbocycles. The van der Waals surface area contributed by atoms with Crippen molar-refractivity contribution in [1.82, 2.24) is 5.32 Å². The smallest absolute Gasteiger partial charge is 0.127 e. The van der Waals surface area contributed by atoms with E-state index in [1.807, 2.05) is 0 Å². The van der Waals surface area contributed by atoms with Crippen molar-refractivity contribution in [1.29, 1.82) is 0 Å². The van der Waals surface area contributed by atoms with Gasteiger partial charge >= 0.3 is 0 Å². The van der Waals surface area contributed by atoms with Gasteiger partial charge in [-0.3, -0.25) is 0 Å². The van der Waals surface area contributed by atoms with Gasteiger partial charge in [0.05, 0.1) is 0 Å². The van der Waals surface area contributed by atoms with Crippen molar-refractivity contribution >= 4 is 0 Å². The molecule has 0 bridgehead atoms. The first-order valence-corrected chi connectivity index (χ1v) is 7.96. The van der Waals surface area contributed by atoms with Gasteiger partial charge in [0.1, 0.15) is 11.4 Å². The van der Waals surface area contributed by atoms with E-state index in [-0.39, 0.29) is 5.60 Å². The Bertz CT molecular complexity index is 465. The maximum atomic E-state index is 6.22. The Morgan fingerprint density at radius 1 is 1.25 bits per heavy atom. The fourth-order valence-electron chi connectivity index (χ4n) is 3.14. The van der Waals surface area contributed by atoms with E-state index in [0.29, 0.717) is 6.04 Å². The lowest BCUT2D eigenvalue weighted by Crippen LogP contribution is -2.40. The summed E-state index contributed by atoms with van der Waals surface area (Å²) in [5, 5.41) is 3.74. The van der Waals surface area contributed by atoms with E-state index in [2.05, 4.69) is 52.1 Å². The Labute approximate surface area is 123 Å². The van der Waals surface area contributed by atoms with Crippen LogP contribution >= 0.6 is 0 Å². The second-order valence-electron chi connectivity index (χ2n) is 6.78. The molecule has 1 atom stereocenters. The highest BCUT2D eigenvalue weighted by Gasteiger charge is 2.34. The summed E-state index contributed by atoms with van der Waals surface area (Å²) >= 11 is 0. The molecular weight excluding hydrogens is 246 g/mol. The zero-order valence-corrected chi connectivity index (χ0v) is 13.7. The minimum atomic E-state index is -0.0879. The van der Waals surface area contributed by atoms with Crippen molar-refractivity contribution in [2.24, 2.45) is 0 Å². The average Bonchev–Trinajstić information content (AvgIpc) is 2.35. The molecule has 0 radical (unpaired) electrons. The highest BCUT2D eigenvalue weighted by atomic mass is 16.5. The van der Waals surface area contributed by atoms with Gasteiger partial charge in [-0.2, -0.15) is 0 Å². The normalized spacial score (nSPS) is 20.4. The van der Waals surface area contributed by atoms with Crippen molar-refractivity contribution in [3.63, 3.8) is 0 Å². The van der Waals surface area contributed by atoms with E-state index in [0.717, 1.165) is 18.7 Å². The third kappa shape index (κ3) is 3.54. The molecule has 1 aliphatic heterocycles. The zero-order valence-electron chi connectivity index (χ0n) is 13.7. The first-order valence-electron chi connectivity index (χ1n) is 7.96. The number of fused-ring (bicyclic) bond motifs is 1. The molecule has 0 fully saturated rings. The van der Waals surface area contributed by atoms with Crippen LogP contribution in [0.2, 0.25) is 0 Å². The molecule has 20 heavy (non-hydrogen) atoms. The van der Waals surface area contributed by atoms with E-state index >= 15 is 0 Å². The number of aryl methyl sites for hydroxylation is 2. The lowest BCUT2D eigenvalue weighted by atomic mass is 9.87. The number of nitrogens with one attached hydrogen (secondary N) is 1. The van der Waals surface area contributed by atoms with Crippen molar-refractivity contribution in [3.8, 4) is 5.75 Å². The zero-order chi connectivity index (χ0) is 14.8. The first-order chi connectivity index (χ1) is 9.43. The highest BCUT2D eigenvalue weighted by molar-refractivity contribution is 5.47. The van der Waals surface area contributed by atoms with E-state index < -0.39 is 0 Å². The van der Waals surface area contributed by atoms with Crippen molar-refractivity contribution in [3.05, 3.63) is 28.8 Å². The van der Waals surface area contributed by atoms with Crippen LogP contribution < -0.4 is 10.1 Å². The van der Waals surface area contributed by atoms with E-state index in [1.165, 1.54) is 36.0 Å². The fourth-order valence-corrected chi connectivity index (χ4v) is 3.14. The minimum Gasteiger partial charge on any atom is -0.487 e. The van der Waals surface area contributed by atoms with Crippen LogP contribution in [0.3, 0.4) is 0 Å². The second-order valence-corrected chi connectivity index (χ2v) is 6.78. The molecule has 0 saturated heterocycles. The monoisotopic (exact) mass is 275 g/mol. The number of benzene rings is 1. The average molecular weight is 275 g/mol. The molecule has 1 aromatic carbocycles. The summed E-state index contributed by atoms with van der Waals surface area (Å²) < 4.78 is 6.22. The predicted octanol–water partition coefficient (Wildman–Crippen LogP) is 4.69. The van der Waals surface area contributed by atoms with Gasteiger partial charge in [-0.15, -0.1) is 0 Å². The van der Waals surface area contributed by atoms with Crippen molar-refractivity contribution < 1.29 is 4.74 Å². The summed E-state index contributed by atoms with van der Waals surface area (Å²) in [5.74, 6) is 1.10. The van der Waals surface area contributed by atoms with Gasteiger partial charge in [-0.05, 0) is 46.2 Å². The number of hydrogen-bond donors (Lipinski definition) is 1. The lowest BCUT2D eigenvalue weighted by molar-refractivity contribution is 0.0651. The molecule has 0 spiro atoms. The summed E-state index contributed by atoms with van der Waals surface area (Å²) in [7, 11) is 0. The van der Waals surface area contributed by atoms with Gasteiger partial charge in [-0.1, -0.05) is 37.5 Å². The summed E-state index contributed by atoms with van der Waals surface area (Å²) in [6, 6.07) is 4.92. The molecule has 1 heterocycles. The van der Waals surface area contributed by atoms with Crippen LogP contribution in [0, 0.1) is 13.8 Å². The Morgan fingerprint density at radius 3 is 2.70 bits per heavy atom. The Balaban J connectivity index is 2.20. The molecular formula is C18H29NO. The third-order valence-electron chi connectivity index (χ3n) is 4.07. The van der Waals surface area contributed by atoms with Crippen LogP contribution in [-0.4, -0.2) is 12.1 Å². The highest BCUT2D eigenvalue weighted by Crippen LogP contribution is 2.41. The van der Waals surface area contributed by atoms with Crippen LogP contribution in [0.5, 0.6) is 5.75 Å². The molecule has 2 rings (SSSR count). The summed E-state index contributed by atoms with van der Waals surface area (Å²) in [5.41, 5.74) is 3.84. The molecule has 0 aromatic heterocycles. The molecule has 1 unspecified atom stereocenters. The summed E-state index contributed by atoms with van der Waals surface area (Å²) in [6.45, 7) is 12.1. The molecule has 1 aliphatic rings. The van der Waals surface area contributed by atoms with E-state index in [4.69, 9.17) is 4.74 Å². The van der Waals surface area contributed by atoms with Gasteiger partial charge in [-0.25, -0.2) is 0 Å². The lowest BCUT2D eigenvalue weighted by Gasteiger charge is -2.39. The van der Waals surface area contributed by atoms with E-state index in [9.17, 15) is 0 Å². The van der Waals surface area contributed by atoms with Gasteiger partial charge in [0, 0.05) is 18.0 Å². The van der Waals surface area contributed by atoms with Crippen LogP contribution in [0.25, 0.3) is 0 Å². The number of rotatable bonds is 5. The Morgan fingerprint density at radius 2 is 2.00 bits per heavy atom. The minimum absolute atomic E-state index is 0.0879. The van der Waals surface area contributed by atoms with Crippen LogP contribution in [0.4, 0.5) is 0 Å². The summed E-state index contributed by atoms with van der Waals surface area (Å²) in [4.78, 5) is 0. The maximum Gasteiger partial charge on any atom is 0.127 e. The standard InChI is InChI=1S/C18H29NO/c1-6-7-8-9-19-16-12-18(4,5)20-17-14(3)10-13(2)11-15(16)17/h10-11,16,19H,6-9,12H2,1-5H3. The van der Waals surface area contributed by atoms with Crippen molar-refractivity contribution in [2.75, 3.05) is 6.54 Å². The molecule has 2 heteroatoms. The first kappa shape index (κ1) is 15.4. The molecule has 112 valence electrons. The van der Waals surface area contributed by atoms with Crippen LogP contribution in [0.15, 0.2) is 12.1 Å². The second kappa shape index (κ2) is 6.17. The van der Waals surface area contributed by atoms with E-state index in [1.54, 1.807) is 0 Å². The number of ether oxygens (including phenoxy) is 1. The maximum absolute atomic E-state index is 6.22. The third-order valence-corrected chi connectivity index (χ3v) is 4.07. The molecule has 2 nitrogen and oxygen atoms in total. The topological polar surface area (TPSA) is 21.3 Å². The predicted molar refractivity (Wildman–Crippen MR) is 85.5 cm³/mol. The van der Waals surface area contributed by atoms with Crippen molar-refractivity contribution in [2.45, 2.75) is 71.9 Å². The molecule has 0 amide bonds. The molecule has 1 N–H and O–H groups in total. The number of unbranched alkanes of at least 4 members (excludes halogenated alkanes) is 2. The van der Waals surface area contributed by atoms with Gasteiger partial charge in [0.2, 0.25) is 0 Å². The Kier molecular flexibility index (Phi) is 4.74. The summed E-state index contributed by atoms with van der Waals surface area (Å²) in [6.07, 6.45) is 4.87. The van der Waals surface area contributed by atoms with Crippen LogP contribution in [0.1, 0.15) is 69.2 Å². The van der Waals surface area contributed by atoms with Gasteiger partial charge < -0.3 is 10.1 Å². The SMILES string of the molecule is CCCCCNC1CC(C)(C)Oc2c(C)cc(C)cc21. The van der Waals surface area contributed by atoms with Gasteiger partial charge in [0.15, 0.2) is 0 Å². The van der Waals surface area contributed by atoms with Crippen LogP contribution in [-0.2, 0) is 0 Å². The molecule has 0 saturated carbocycles. The fraction of sp³-hybridized carbons (Fsp3) is 0.667.